The third kappa shape index (κ3) is 3.28. The average Bonchev–Trinajstić information content (AvgIpc) is 2.75. The third-order valence-electron chi connectivity index (χ3n) is 2.63. The Labute approximate surface area is 113 Å². The number of anilines is 2. The Kier molecular flexibility index (Phi) is 3.92. The Morgan fingerprint density at radius 1 is 1.45 bits per heavy atom. The number of aromatic nitrogens is 2. The lowest BCUT2D eigenvalue weighted by Crippen LogP contribution is -2.07. The van der Waals surface area contributed by atoms with Gasteiger partial charge in [-0.2, -0.15) is 5.10 Å². The van der Waals surface area contributed by atoms with E-state index in [-0.39, 0.29) is 5.69 Å². The van der Waals surface area contributed by atoms with Crippen LogP contribution in [-0.2, 0) is 6.54 Å². The zero-order valence-electron chi connectivity index (χ0n) is 10.6. The molecule has 1 heterocycles. The predicted octanol–water partition coefficient (Wildman–Crippen LogP) is 3.11. The molecule has 106 valence electrons. The topological polar surface area (TPSA) is 73.0 Å². The van der Waals surface area contributed by atoms with Crippen molar-refractivity contribution >= 4 is 17.2 Å². The molecule has 0 amide bonds. The lowest BCUT2D eigenvalue weighted by atomic mass is 10.2. The van der Waals surface area contributed by atoms with Gasteiger partial charge in [0.25, 0.3) is 12.1 Å². The van der Waals surface area contributed by atoms with Crippen molar-refractivity contribution in [3.8, 4) is 0 Å². The van der Waals surface area contributed by atoms with Crippen LogP contribution in [0.15, 0.2) is 30.5 Å². The van der Waals surface area contributed by atoms with Crippen LogP contribution in [0.5, 0.6) is 0 Å². The Hall–Kier alpha value is -2.51. The Bertz CT molecular complexity index is 628. The Morgan fingerprint density at radius 3 is 2.80 bits per heavy atom. The number of aryl methyl sites for hydroxylation is 1. The van der Waals surface area contributed by atoms with Gasteiger partial charge in [0.2, 0.25) is 0 Å². The van der Waals surface area contributed by atoms with Gasteiger partial charge < -0.3 is 5.32 Å². The van der Waals surface area contributed by atoms with Crippen LogP contribution in [0, 0.1) is 17.0 Å². The molecule has 1 aromatic heterocycles. The molecule has 0 bridgehead atoms. The maximum Gasteiger partial charge on any atom is 0.272 e. The zero-order valence-corrected chi connectivity index (χ0v) is 10.6. The fourth-order valence-corrected chi connectivity index (χ4v) is 1.76. The van der Waals surface area contributed by atoms with Crippen LogP contribution in [0.4, 0.5) is 26.0 Å². The minimum Gasteiger partial charge on any atom is -0.339 e. The third-order valence-corrected chi connectivity index (χ3v) is 2.63. The van der Waals surface area contributed by atoms with Crippen molar-refractivity contribution in [3.05, 3.63) is 46.1 Å². The van der Waals surface area contributed by atoms with E-state index in [2.05, 4.69) is 10.4 Å². The fourth-order valence-electron chi connectivity index (χ4n) is 1.76. The molecule has 1 N–H and O–H groups in total. The van der Waals surface area contributed by atoms with Gasteiger partial charge in [-0.05, 0) is 19.1 Å². The van der Waals surface area contributed by atoms with Crippen molar-refractivity contribution in [2.45, 2.75) is 19.9 Å². The van der Waals surface area contributed by atoms with E-state index in [1.165, 1.54) is 18.3 Å². The number of nitrogens with one attached hydrogen (secondary N) is 1. The maximum atomic E-state index is 12.2. The van der Waals surface area contributed by atoms with E-state index in [9.17, 15) is 18.9 Å². The van der Waals surface area contributed by atoms with E-state index in [0.717, 1.165) is 4.68 Å². The standard InChI is InChI=1S/C12H12F2N4O2/c1-8-6-9(2-3-10(8)18(19)20)15-12-4-5-17(16-12)7-11(13)14/h2-6,11H,7H2,1H3,(H,15,16). The molecule has 6 nitrogen and oxygen atoms in total. The SMILES string of the molecule is Cc1cc(Nc2ccn(CC(F)F)n2)ccc1[N+](=O)[O-]. The first-order chi connectivity index (χ1) is 9.45. The Morgan fingerprint density at radius 2 is 2.20 bits per heavy atom. The van der Waals surface area contributed by atoms with E-state index in [4.69, 9.17) is 0 Å². The summed E-state index contributed by atoms with van der Waals surface area (Å²) in [7, 11) is 0. The molecule has 0 saturated carbocycles. The number of halogens is 2. The minimum absolute atomic E-state index is 0.0266. The summed E-state index contributed by atoms with van der Waals surface area (Å²) < 4.78 is 25.5. The number of benzene rings is 1. The van der Waals surface area contributed by atoms with Gasteiger partial charge >= 0.3 is 0 Å². The van der Waals surface area contributed by atoms with Crippen LogP contribution >= 0.6 is 0 Å². The number of rotatable bonds is 5. The number of nitro groups is 1. The maximum absolute atomic E-state index is 12.2. The summed E-state index contributed by atoms with van der Waals surface area (Å²) in [5.41, 5.74) is 1.14. The molecule has 0 radical (unpaired) electrons. The van der Waals surface area contributed by atoms with Crippen LogP contribution in [0.25, 0.3) is 0 Å². The van der Waals surface area contributed by atoms with Crippen LogP contribution < -0.4 is 5.32 Å². The van der Waals surface area contributed by atoms with Crippen LogP contribution in [-0.4, -0.2) is 21.1 Å². The lowest BCUT2D eigenvalue weighted by Gasteiger charge is -2.05. The van der Waals surface area contributed by atoms with Crippen molar-refractivity contribution in [2.75, 3.05) is 5.32 Å². The molecule has 0 aliphatic rings. The molecule has 0 saturated heterocycles. The van der Waals surface area contributed by atoms with Gasteiger partial charge in [0.15, 0.2) is 5.82 Å². The van der Waals surface area contributed by atoms with Gasteiger partial charge in [-0.15, -0.1) is 0 Å². The quantitative estimate of drug-likeness (QED) is 0.675. The molecule has 0 fully saturated rings. The summed E-state index contributed by atoms with van der Waals surface area (Å²) in [5, 5.41) is 17.5. The molecule has 0 unspecified atom stereocenters. The van der Waals surface area contributed by atoms with Gasteiger partial charge in [-0.25, -0.2) is 8.78 Å². The number of hydrogen-bond acceptors (Lipinski definition) is 4. The molecular weight excluding hydrogens is 270 g/mol. The highest BCUT2D eigenvalue weighted by molar-refractivity contribution is 5.60. The van der Waals surface area contributed by atoms with Gasteiger partial charge in [0, 0.05) is 29.6 Å². The number of alkyl halides is 2. The van der Waals surface area contributed by atoms with E-state index < -0.39 is 17.9 Å². The first-order valence-electron chi connectivity index (χ1n) is 5.79. The monoisotopic (exact) mass is 282 g/mol. The van der Waals surface area contributed by atoms with Crippen LogP contribution in [0.3, 0.4) is 0 Å². The van der Waals surface area contributed by atoms with Crippen molar-refractivity contribution in [1.29, 1.82) is 0 Å². The highest BCUT2D eigenvalue weighted by Gasteiger charge is 2.11. The first kappa shape index (κ1) is 13.9. The molecule has 0 atom stereocenters. The summed E-state index contributed by atoms with van der Waals surface area (Å²) >= 11 is 0. The second-order valence-electron chi connectivity index (χ2n) is 4.20. The van der Waals surface area contributed by atoms with E-state index >= 15 is 0 Å². The first-order valence-corrected chi connectivity index (χ1v) is 5.79. The molecule has 2 aromatic rings. The van der Waals surface area contributed by atoms with E-state index in [1.807, 2.05) is 0 Å². The van der Waals surface area contributed by atoms with Gasteiger partial charge in [0.1, 0.15) is 6.54 Å². The summed E-state index contributed by atoms with van der Waals surface area (Å²) in [5.74, 6) is 0.402. The number of hydrogen-bond donors (Lipinski definition) is 1. The van der Waals surface area contributed by atoms with Crippen molar-refractivity contribution < 1.29 is 13.7 Å². The van der Waals surface area contributed by atoms with E-state index in [1.54, 1.807) is 19.1 Å². The number of nitrogens with zero attached hydrogens (tertiary/aromatic N) is 3. The van der Waals surface area contributed by atoms with Crippen LogP contribution in [0.2, 0.25) is 0 Å². The average molecular weight is 282 g/mol. The summed E-state index contributed by atoms with van der Waals surface area (Å²) in [6, 6.07) is 6.08. The highest BCUT2D eigenvalue weighted by atomic mass is 19.3. The van der Waals surface area contributed by atoms with Gasteiger partial charge in [0.05, 0.1) is 4.92 Å². The molecule has 0 spiro atoms. The molecule has 8 heteroatoms. The number of nitro benzene ring substituents is 1. The van der Waals surface area contributed by atoms with Crippen molar-refractivity contribution in [3.63, 3.8) is 0 Å². The van der Waals surface area contributed by atoms with Crippen LogP contribution in [0.1, 0.15) is 5.56 Å². The largest absolute Gasteiger partial charge is 0.339 e. The van der Waals surface area contributed by atoms with Crippen molar-refractivity contribution in [2.24, 2.45) is 0 Å². The van der Waals surface area contributed by atoms with Crippen molar-refractivity contribution in [1.82, 2.24) is 9.78 Å². The molecule has 0 aliphatic carbocycles. The zero-order chi connectivity index (χ0) is 14.7. The molecule has 2 rings (SSSR count). The summed E-state index contributed by atoms with van der Waals surface area (Å²) in [4.78, 5) is 10.2. The molecule has 0 aliphatic heterocycles. The highest BCUT2D eigenvalue weighted by Crippen LogP contribution is 2.23. The minimum atomic E-state index is -2.47. The van der Waals surface area contributed by atoms with Gasteiger partial charge in [-0.3, -0.25) is 14.8 Å². The molecule has 20 heavy (non-hydrogen) atoms. The molecule has 1 aromatic carbocycles. The second kappa shape index (κ2) is 5.64. The summed E-state index contributed by atoms with van der Waals surface area (Å²) in [6.07, 6.45) is -1.03. The normalized spacial score (nSPS) is 10.8. The predicted molar refractivity (Wildman–Crippen MR) is 69.3 cm³/mol. The lowest BCUT2D eigenvalue weighted by molar-refractivity contribution is -0.385. The second-order valence-corrected chi connectivity index (χ2v) is 4.20. The smallest absolute Gasteiger partial charge is 0.272 e. The fraction of sp³-hybridized carbons (Fsp3) is 0.250. The molecular formula is C12H12F2N4O2. The Balaban J connectivity index is 2.12. The van der Waals surface area contributed by atoms with E-state index in [0.29, 0.717) is 17.1 Å². The summed E-state index contributed by atoms with van der Waals surface area (Å²) in [6.45, 7) is 1.15. The van der Waals surface area contributed by atoms with Gasteiger partial charge in [-0.1, -0.05) is 0 Å².